The Bertz CT molecular complexity index is 239. The van der Waals surface area contributed by atoms with Gasteiger partial charge in [0.05, 0.1) is 11.8 Å². The predicted molar refractivity (Wildman–Crippen MR) is 40.2 cm³/mol. The van der Waals surface area contributed by atoms with Gasteiger partial charge in [0.1, 0.15) is 0 Å². The lowest BCUT2D eigenvalue weighted by Crippen LogP contribution is -2.17. The van der Waals surface area contributed by atoms with Crippen molar-refractivity contribution in [1.29, 1.82) is 5.26 Å². The van der Waals surface area contributed by atoms with E-state index in [2.05, 4.69) is 4.18 Å². The molecular formula is C6H11NO3S. The van der Waals surface area contributed by atoms with Gasteiger partial charge in [0.2, 0.25) is 0 Å². The first-order valence-corrected chi connectivity index (χ1v) is 4.94. The van der Waals surface area contributed by atoms with E-state index in [0.717, 1.165) is 0 Å². The lowest BCUT2D eigenvalue weighted by molar-refractivity contribution is 0.258. The normalized spacial score (nSPS) is 13.9. The highest BCUT2D eigenvalue weighted by Gasteiger charge is 2.14. The number of nitrogens with zero attached hydrogens (tertiary/aromatic N) is 1. The second-order valence-electron chi connectivity index (χ2n) is 1.97. The molecule has 0 N–H and O–H groups in total. The van der Waals surface area contributed by atoms with Gasteiger partial charge in [-0.3, -0.25) is 4.18 Å². The van der Waals surface area contributed by atoms with Crippen LogP contribution in [-0.2, 0) is 14.3 Å². The van der Waals surface area contributed by atoms with Crippen molar-refractivity contribution >= 4 is 10.1 Å². The van der Waals surface area contributed by atoms with Crippen molar-refractivity contribution in [2.75, 3.05) is 5.75 Å². The fraction of sp³-hybridized carbons (Fsp3) is 0.833. The van der Waals surface area contributed by atoms with Gasteiger partial charge in [-0.15, -0.1) is 0 Å². The number of hydrogen-bond acceptors (Lipinski definition) is 4. The first-order valence-electron chi connectivity index (χ1n) is 3.36. The van der Waals surface area contributed by atoms with E-state index < -0.39 is 16.2 Å². The Morgan fingerprint density at radius 3 is 2.36 bits per heavy atom. The molecule has 0 aromatic heterocycles. The highest BCUT2D eigenvalue weighted by Crippen LogP contribution is 2.02. The average molecular weight is 177 g/mol. The van der Waals surface area contributed by atoms with E-state index in [-0.39, 0.29) is 5.75 Å². The third kappa shape index (κ3) is 3.96. The molecule has 0 aromatic rings. The molecule has 11 heavy (non-hydrogen) atoms. The van der Waals surface area contributed by atoms with Crippen LogP contribution < -0.4 is 0 Å². The summed E-state index contributed by atoms with van der Waals surface area (Å²) in [6.07, 6.45) is -0.449. The second-order valence-corrected chi connectivity index (χ2v) is 3.85. The maximum Gasteiger partial charge on any atom is 0.268 e. The van der Waals surface area contributed by atoms with Crippen LogP contribution in [0.2, 0.25) is 0 Å². The predicted octanol–water partition coefficient (Wildman–Crippen LogP) is 0.655. The summed E-state index contributed by atoms with van der Waals surface area (Å²) in [5.41, 5.74) is 0. The molecule has 5 heteroatoms. The summed E-state index contributed by atoms with van der Waals surface area (Å²) in [4.78, 5) is 0. The molecule has 64 valence electrons. The highest BCUT2D eigenvalue weighted by molar-refractivity contribution is 7.86. The molecule has 0 radical (unpaired) electrons. The van der Waals surface area contributed by atoms with Crippen LogP contribution in [0.3, 0.4) is 0 Å². The van der Waals surface area contributed by atoms with Crippen LogP contribution in [0.1, 0.15) is 20.3 Å². The Kier molecular flexibility index (Phi) is 4.08. The smallest absolute Gasteiger partial charge is 0.251 e. The summed E-state index contributed by atoms with van der Waals surface area (Å²) in [6.45, 7) is 3.17. The van der Waals surface area contributed by atoms with Gasteiger partial charge in [0.25, 0.3) is 10.1 Å². The highest BCUT2D eigenvalue weighted by atomic mass is 32.2. The second kappa shape index (κ2) is 4.31. The van der Waals surface area contributed by atoms with Crippen molar-refractivity contribution in [3.8, 4) is 6.07 Å². The summed E-state index contributed by atoms with van der Waals surface area (Å²) in [7, 11) is -3.47. The van der Waals surface area contributed by atoms with Crippen LogP contribution in [0.5, 0.6) is 0 Å². The van der Waals surface area contributed by atoms with E-state index in [1.54, 1.807) is 13.0 Å². The molecule has 0 aliphatic rings. The Morgan fingerprint density at radius 2 is 2.09 bits per heavy atom. The Balaban J connectivity index is 4.15. The van der Waals surface area contributed by atoms with E-state index in [9.17, 15) is 8.42 Å². The zero-order valence-corrected chi connectivity index (χ0v) is 7.39. The van der Waals surface area contributed by atoms with Crippen molar-refractivity contribution in [2.24, 2.45) is 0 Å². The first-order chi connectivity index (χ1) is 5.05. The van der Waals surface area contributed by atoms with Gasteiger partial charge in [0, 0.05) is 0 Å². The molecule has 1 unspecified atom stereocenters. The zero-order chi connectivity index (χ0) is 8.91. The van der Waals surface area contributed by atoms with Gasteiger partial charge < -0.3 is 0 Å². The third-order valence-electron chi connectivity index (χ3n) is 1.13. The Morgan fingerprint density at radius 1 is 1.55 bits per heavy atom. The zero-order valence-electron chi connectivity index (χ0n) is 6.57. The van der Waals surface area contributed by atoms with Gasteiger partial charge in [-0.2, -0.15) is 13.7 Å². The first kappa shape index (κ1) is 10.4. The van der Waals surface area contributed by atoms with Crippen molar-refractivity contribution in [2.45, 2.75) is 26.4 Å². The van der Waals surface area contributed by atoms with E-state index in [1.807, 2.05) is 0 Å². The van der Waals surface area contributed by atoms with Crippen LogP contribution in [0.15, 0.2) is 0 Å². The molecule has 0 saturated carbocycles. The molecule has 0 heterocycles. The molecule has 4 nitrogen and oxygen atoms in total. The van der Waals surface area contributed by atoms with Gasteiger partial charge in [-0.25, -0.2) is 0 Å². The monoisotopic (exact) mass is 177 g/mol. The van der Waals surface area contributed by atoms with E-state index in [4.69, 9.17) is 5.26 Å². The average Bonchev–Trinajstić information content (AvgIpc) is 2.00. The van der Waals surface area contributed by atoms with E-state index in [0.29, 0.717) is 6.42 Å². The summed E-state index contributed by atoms with van der Waals surface area (Å²) < 4.78 is 26.0. The van der Waals surface area contributed by atoms with Gasteiger partial charge in [-0.1, -0.05) is 6.92 Å². The molecule has 0 bridgehead atoms. The molecule has 0 rings (SSSR count). The summed E-state index contributed by atoms with van der Waals surface area (Å²) in [5.74, 6) is -0.0921. The van der Waals surface area contributed by atoms with Crippen molar-refractivity contribution in [1.82, 2.24) is 0 Å². The van der Waals surface area contributed by atoms with Crippen LogP contribution in [0.25, 0.3) is 0 Å². The lowest BCUT2D eigenvalue weighted by atomic mass is 10.3. The molecule has 1 atom stereocenters. The van der Waals surface area contributed by atoms with Crippen LogP contribution >= 0.6 is 0 Å². The number of nitriles is 1. The standard InChI is InChI=1S/C6H11NO3S/c1-3-6(5-7)10-11(8,9)4-2/h6H,3-4H2,1-2H3. The maximum atomic E-state index is 10.8. The topological polar surface area (TPSA) is 67.2 Å². The molecule has 0 spiro atoms. The van der Waals surface area contributed by atoms with E-state index >= 15 is 0 Å². The largest absolute Gasteiger partial charge is 0.268 e. The quantitative estimate of drug-likeness (QED) is 0.591. The molecular weight excluding hydrogens is 166 g/mol. The lowest BCUT2D eigenvalue weighted by Gasteiger charge is -2.05. The van der Waals surface area contributed by atoms with Gasteiger partial charge in [-0.05, 0) is 13.3 Å². The Labute approximate surface area is 66.9 Å². The summed E-state index contributed by atoms with van der Waals surface area (Å²) in [5, 5.41) is 8.35. The van der Waals surface area contributed by atoms with Crippen molar-refractivity contribution in [3.63, 3.8) is 0 Å². The summed E-state index contributed by atoms with van der Waals surface area (Å²) >= 11 is 0. The molecule has 0 fully saturated rings. The van der Waals surface area contributed by atoms with Crippen LogP contribution in [-0.4, -0.2) is 20.3 Å². The SMILES string of the molecule is CCC(C#N)OS(=O)(=O)CC. The number of hydrogen-bond donors (Lipinski definition) is 0. The van der Waals surface area contributed by atoms with Gasteiger partial charge >= 0.3 is 0 Å². The van der Waals surface area contributed by atoms with Crippen molar-refractivity contribution < 1.29 is 12.6 Å². The Hall–Kier alpha value is -0.600. The minimum atomic E-state index is -3.47. The molecule has 0 aliphatic heterocycles. The fourth-order valence-electron chi connectivity index (χ4n) is 0.426. The third-order valence-corrected chi connectivity index (χ3v) is 2.36. The summed E-state index contributed by atoms with van der Waals surface area (Å²) in [6, 6.07) is 1.74. The molecule has 0 aromatic carbocycles. The van der Waals surface area contributed by atoms with Crippen molar-refractivity contribution in [3.05, 3.63) is 0 Å². The van der Waals surface area contributed by atoms with Crippen LogP contribution in [0.4, 0.5) is 0 Å². The minimum Gasteiger partial charge on any atom is -0.251 e. The van der Waals surface area contributed by atoms with Gasteiger partial charge in [0.15, 0.2) is 6.10 Å². The minimum absolute atomic E-state index is 0.0921. The number of rotatable bonds is 4. The molecule has 0 aliphatic carbocycles. The van der Waals surface area contributed by atoms with Crippen LogP contribution in [0, 0.1) is 11.3 Å². The molecule has 0 amide bonds. The van der Waals surface area contributed by atoms with E-state index in [1.165, 1.54) is 6.92 Å². The fourth-order valence-corrected chi connectivity index (χ4v) is 1.10. The molecule has 0 saturated heterocycles. The maximum absolute atomic E-state index is 10.8.